The standard InChI is InChI=1S/C103H185N12O29P/c1-136-103(135)87(114-99(129)83-50-46-81(47-51-83)75-111-89(117)41-31-27-23-19-15-11-7-3-5-9-13-17-21-25-29-33-43-97(126)127)53-55-91(119)106-59-63-138-67-72-143-77-93(121)107-60-64-139-68-70-141-76-92(120)104-56-36-34-38-84(100(130)109-57-37-35-39-86(115-145)102(133)134)112-95(123)79-144-73-69-140-65-61-108-94(122)78-142-71-66-137-62-58-105-90(118)54-52-85(101(131)132)113-98(128)82-48-44-80(45-49-82)74-110-88(116)40-30-26-22-18-14-10-6-2-4-8-12-16-20-24-28-32-42-96(124)125/h80-87,115H,2-79,145H2,1H3,(H,104,120)(H,105,118)(H,106,119)(H,107,121)(H,108,122)(H,109,130)(H,110,116)(H,111,117)(H,112,123)(H,113,128)(H,114,129)(H,124,125)(H,126,127)(H,131,132)(H,133,134)/t80?,81?,82?,83?,84-,85-,86-,87-/m0/s1. The largest absolute Gasteiger partial charge is 0.481 e. The Hall–Kier alpha value is -8.41. The molecule has 2 aliphatic carbocycles. The van der Waals surface area contributed by atoms with E-state index in [1.54, 1.807) is 0 Å². The topological polar surface area (TPSA) is 581 Å². The molecule has 16 N–H and O–H groups in total. The Morgan fingerprint density at radius 3 is 0.855 bits per heavy atom. The lowest BCUT2D eigenvalue weighted by atomic mass is 9.81. The first kappa shape index (κ1) is 133. The summed E-state index contributed by atoms with van der Waals surface area (Å²) < 4.78 is 48.6. The Morgan fingerprint density at radius 1 is 0.255 bits per heavy atom. The molecule has 0 aliphatic heterocycles. The molecule has 2 fully saturated rings. The van der Waals surface area contributed by atoms with Crippen LogP contribution in [0.4, 0.5) is 0 Å². The molecule has 0 aromatic heterocycles. The number of aliphatic carboxylic acids is 4. The third-order valence-electron chi connectivity index (χ3n) is 25.7. The van der Waals surface area contributed by atoms with Crippen molar-refractivity contribution >= 4 is 104 Å². The minimum absolute atomic E-state index is 0.0203. The van der Waals surface area contributed by atoms with Crippen molar-refractivity contribution in [3.8, 4) is 0 Å². The average Bonchev–Trinajstić information content (AvgIpc) is 0.869. The van der Waals surface area contributed by atoms with Gasteiger partial charge < -0.3 is 122 Å². The molecule has 11 amide bonds. The van der Waals surface area contributed by atoms with Crippen molar-refractivity contribution in [2.45, 2.75) is 371 Å². The zero-order valence-corrected chi connectivity index (χ0v) is 88.5. The van der Waals surface area contributed by atoms with Crippen LogP contribution in [0, 0.1) is 23.7 Å². The Labute approximate surface area is 863 Å². The van der Waals surface area contributed by atoms with Crippen LogP contribution in [0.25, 0.3) is 0 Å². The van der Waals surface area contributed by atoms with E-state index in [0.29, 0.717) is 83.7 Å². The molecule has 0 aromatic carbocycles. The lowest BCUT2D eigenvalue weighted by Crippen LogP contribution is -2.48. The fraction of sp³-hybridized carbons (Fsp3) is 0.845. The molecule has 0 aromatic rings. The van der Waals surface area contributed by atoms with Gasteiger partial charge in [-0.15, -0.1) is 0 Å². The van der Waals surface area contributed by atoms with Crippen LogP contribution in [0.15, 0.2) is 0 Å². The molecule has 836 valence electrons. The Kier molecular flexibility index (Phi) is 85.0. The average molecular weight is 2090 g/mol. The van der Waals surface area contributed by atoms with E-state index < -0.39 is 77.6 Å². The number of amides is 11. The number of ether oxygens (including phenoxy) is 9. The number of esters is 1. The van der Waals surface area contributed by atoms with Gasteiger partial charge in [-0.1, -0.05) is 189 Å². The van der Waals surface area contributed by atoms with Crippen LogP contribution in [0.1, 0.15) is 347 Å². The van der Waals surface area contributed by atoms with E-state index in [1.165, 1.54) is 136 Å². The first-order chi connectivity index (χ1) is 70.3. The Balaban J connectivity index is 1.47. The molecular weight excluding hydrogens is 1900 g/mol. The minimum Gasteiger partial charge on any atom is -0.481 e. The highest BCUT2D eigenvalue weighted by molar-refractivity contribution is 7.13. The Bertz CT molecular complexity index is 3490. The van der Waals surface area contributed by atoms with Gasteiger partial charge in [0.25, 0.3) is 0 Å². The van der Waals surface area contributed by atoms with Crippen LogP contribution in [0.5, 0.6) is 0 Å². The third kappa shape index (κ3) is 80.3. The van der Waals surface area contributed by atoms with Gasteiger partial charge in [0.05, 0.1) is 86.4 Å². The summed E-state index contributed by atoms with van der Waals surface area (Å²) in [7, 11) is 3.41. The van der Waals surface area contributed by atoms with E-state index in [2.05, 4.69) is 73.0 Å². The fourth-order valence-corrected chi connectivity index (χ4v) is 17.3. The maximum Gasteiger partial charge on any atom is 0.328 e. The van der Waals surface area contributed by atoms with Crippen molar-refractivity contribution in [2.75, 3.05) is 165 Å². The molecule has 5 atom stereocenters. The van der Waals surface area contributed by atoms with E-state index in [0.717, 1.165) is 103 Å². The Morgan fingerprint density at radius 2 is 0.531 bits per heavy atom. The number of nitrogens with one attached hydrogen (secondary N) is 12. The highest BCUT2D eigenvalue weighted by atomic mass is 31.0. The van der Waals surface area contributed by atoms with E-state index in [9.17, 15) is 86.9 Å². The smallest absolute Gasteiger partial charge is 0.328 e. The first-order valence-electron chi connectivity index (χ1n) is 54.4. The lowest BCUT2D eigenvalue weighted by Gasteiger charge is -2.29. The normalized spacial score (nSPS) is 15.3. The predicted octanol–water partition coefficient (Wildman–Crippen LogP) is 9.32. The summed E-state index contributed by atoms with van der Waals surface area (Å²) >= 11 is 0. The van der Waals surface area contributed by atoms with Gasteiger partial charge in [-0.2, -0.15) is 0 Å². The van der Waals surface area contributed by atoms with Crippen LogP contribution >= 0.6 is 9.39 Å². The molecule has 0 bridgehead atoms. The summed E-state index contributed by atoms with van der Waals surface area (Å²) in [6, 6.07) is -3.94. The quantitative estimate of drug-likeness (QED) is 0.0153. The summed E-state index contributed by atoms with van der Waals surface area (Å²) in [5, 5.41) is 69.8. The maximum absolute atomic E-state index is 13.3. The molecule has 145 heavy (non-hydrogen) atoms. The number of carbonyl (C=O) groups is 16. The van der Waals surface area contributed by atoms with Crippen molar-refractivity contribution in [2.24, 2.45) is 23.7 Å². The van der Waals surface area contributed by atoms with Gasteiger partial charge >= 0.3 is 29.8 Å². The molecule has 2 aliphatic rings. The van der Waals surface area contributed by atoms with Gasteiger partial charge in [0.2, 0.25) is 65.0 Å². The van der Waals surface area contributed by atoms with Crippen LogP contribution in [0.3, 0.4) is 0 Å². The van der Waals surface area contributed by atoms with Crippen molar-refractivity contribution in [3.05, 3.63) is 0 Å². The molecule has 41 nitrogen and oxygen atoms in total. The number of methoxy groups -OCH3 is 1. The van der Waals surface area contributed by atoms with Gasteiger partial charge in [0.1, 0.15) is 50.6 Å². The number of carboxylic acid groups (broad SMARTS) is 4. The molecular formula is C103H185N12O29P. The fourth-order valence-electron chi connectivity index (χ4n) is 17.0. The van der Waals surface area contributed by atoms with Gasteiger partial charge in [-0.3, -0.25) is 72.2 Å². The molecule has 2 rings (SSSR count). The molecule has 1 unspecified atom stereocenters. The second-order valence-corrected chi connectivity index (χ2v) is 38.4. The van der Waals surface area contributed by atoms with Gasteiger partial charge in [0, 0.05) is 103 Å². The van der Waals surface area contributed by atoms with Crippen molar-refractivity contribution < 1.29 is 140 Å². The second-order valence-electron chi connectivity index (χ2n) is 38.1. The molecule has 0 radical (unpaired) electrons. The van der Waals surface area contributed by atoms with E-state index in [4.69, 9.17) is 52.8 Å². The van der Waals surface area contributed by atoms with Crippen LogP contribution in [0.2, 0.25) is 0 Å². The highest BCUT2D eigenvalue weighted by Crippen LogP contribution is 2.31. The zero-order valence-electron chi connectivity index (χ0n) is 87.3. The zero-order chi connectivity index (χ0) is 106. The number of rotatable bonds is 100. The summed E-state index contributed by atoms with van der Waals surface area (Å²) in [4.78, 5) is 197. The van der Waals surface area contributed by atoms with E-state index in [1.807, 2.05) is 0 Å². The summed E-state index contributed by atoms with van der Waals surface area (Å²) in [5.74, 6) is -7.85. The number of carboxylic acids is 4. The van der Waals surface area contributed by atoms with Crippen LogP contribution in [-0.2, 0) is 119 Å². The van der Waals surface area contributed by atoms with Crippen molar-refractivity contribution in [1.82, 2.24) is 63.6 Å². The number of hydrogen-bond donors (Lipinski definition) is 16. The van der Waals surface area contributed by atoms with Gasteiger partial charge in [-0.25, -0.2) is 9.59 Å². The minimum atomic E-state index is -1.24. The maximum atomic E-state index is 13.3. The summed E-state index contributed by atoms with van der Waals surface area (Å²) in [6.07, 6.45) is 46.1. The van der Waals surface area contributed by atoms with Crippen LogP contribution < -0.4 is 63.6 Å². The number of carbonyl (C=O) groups excluding carboxylic acids is 12. The van der Waals surface area contributed by atoms with Gasteiger partial charge in [0.15, 0.2) is 0 Å². The lowest BCUT2D eigenvalue weighted by molar-refractivity contribution is -0.146. The number of hydrogen-bond acceptors (Lipinski definition) is 26. The molecule has 0 saturated heterocycles. The third-order valence-corrected chi connectivity index (χ3v) is 26.1. The monoisotopic (exact) mass is 2090 g/mol. The molecule has 0 spiro atoms. The predicted molar refractivity (Wildman–Crippen MR) is 549 cm³/mol. The first-order valence-corrected chi connectivity index (χ1v) is 55.0. The van der Waals surface area contributed by atoms with Gasteiger partial charge in [-0.05, 0) is 140 Å². The SMILES string of the molecule is COC(=O)[C@H](CCC(=O)NCCOCCOCC(=O)NCCOCCOCC(=O)NCCCC[C@H](NC(=O)COCCOCCNC(=O)COCCOCCNC(=O)CC[C@H](NC(=O)C1CCC(CNC(=O)CCCCCCCCCCCCCCCCCCC(=O)O)CC1)C(=O)O)C(=O)NCCCC[C@H](NP)C(=O)O)NC(=O)C1CCC(CNC(=O)CCCCCCCCCCCCCCCCCCC(=O)O)CC1. The molecule has 0 heterocycles. The summed E-state index contributed by atoms with van der Waals surface area (Å²) in [6.45, 7) is 2.58. The molecule has 42 heteroatoms. The van der Waals surface area contributed by atoms with Crippen molar-refractivity contribution in [3.63, 3.8) is 0 Å². The van der Waals surface area contributed by atoms with E-state index in [-0.39, 0.29) is 255 Å². The highest BCUT2D eigenvalue weighted by Gasteiger charge is 2.33. The van der Waals surface area contributed by atoms with Crippen molar-refractivity contribution in [1.29, 1.82) is 0 Å². The van der Waals surface area contributed by atoms with E-state index >= 15 is 0 Å². The van der Waals surface area contributed by atoms with Crippen LogP contribution in [-0.4, -0.2) is 305 Å². The second kappa shape index (κ2) is 92.9. The summed E-state index contributed by atoms with van der Waals surface area (Å²) in [5.41, 5.74) is 0. The number of unbranched alkanes of at least 4 members (excludes halogenated alkanes) is 32. The molecule has 2 saturated carbocycles.